The van der Waals surface area contributed by atoms with Gasteiger partial charge in [0, 0.05) is 12.8 Å². The number of hydrogen-bond donors (Lipinski definition) is 0. The highest BCUT2D eigenvalue weighted by Crippen LogP contribution is 2.34. The second kappa shape index (κ2) is 5.66. The van der Waals surface area contributed by atoms with Crippen LogP contribution in [0.3, 0.4) is 0 Å². The maximum Gasteiger partial charge on any atom is 0.158 e. The van der Waals surface area contributed by atoms with Gasteiger partial charge in [-0.05, 0) is 19.3 Å². The molecule has 1 fully saturated rings. The van der Waals surface area contributed by atoms with Crippen molar-refractivity contribution in [2.75, 3.05) is 0 Å². The third-order valence-electron chi connectivity index (χ3n) is 3.13. The summed E-state index contributed by atoms with van der Waals surface area (Å²) in [4.78, 5) is 24.4. The molecule has 3 heteroatoms. The van der Waals surface area contributed by atoms with Gasteiger partial charge in [-0.25, -0.2) is 0 Å². The normalized spacial score (nSPS) is 19.1. The van der Waals surface area contributed by atoms with E-state index in [1.165, 1.54) is 0 Å². The summed E-state index contributed by atoms with van der Waals surface area (Å²) < 4.78 is 0. The smallest absolute Gasteiger partial charge is 0.158 e. The molecule has 0 aromatic heterocycles. The molecule has 0 amide bonds. The summed E-state index contributed by atoms with van der Waals surface area (Å²) in [5, 5.41) is 0. The molecule has 0 aromatic carbocycles. The van der Waals surface area contributed by atoms with Gasteiger partial charge in [0.25, 0.3) is 0 Å². The van der Waals surface area contributed by atoms with Crippen molar-refractivity contribution in [3.63, 3.8) is 0 Å². The zero-order valence-electron chi connectivity index (χ0n) is 11.6. The van der Waals surface area contributed by atoms with Crippen LogP contribution in [0.25, 0.3) is 0 Å². The Kier molecular flexibility index (Phi) is 4.69. The molecule has 1 saturated carbocycles. The fraction of sp³-hybridized carbons (Fsp3) is 0.600. The first-order valence-corrected chi connectivity index (χ1v) is 10.0. The Labute approximate surface area is 111 Å². The molecule has 0 atom stereocenters. The summed E-state index contributed by atoms with van der Waals surface area (Å²) in [5.41, 5.74) is 2.19. The van der Waals surface area contributed by atoms with Gasteiger partial charge in [0.2, 0.25) is 0 Å². The van der Waals surface area contributed by atoms with Gasteiger partial charge < -0.3 is 0 Å². The van der Waals surface area contributed by atoms with Crippen LogP contribution in [0.2, 0.25) is 19.6 Å². The van der Waals surface area contributed by atoms with Crippen LogP contribution < -0.4 is 0 Å². The Morgan fingerprint density at radius 2 is 1.83 bits per heavy atom. The zero-order chi connectivity index (χ0) is 13.8. The largest absolute Gasteiger partial charge is 0.297 e. The van der Waals surface area contributed by atoms with Crippen LogP contribution in [-0.2, 0) is 9.59 Å². The lowest BCUT2D eigenvalue weighted by atomic mass is 9.70. The van der Waals surface area contributed by atoms with Crippen molar-refractivity contribution >= 4 is 19.6 Å². The molecule has 0 aliphatic heterocycles. The first-order chi connectivity index (χ1) is 8.32. The number of allylic oxidation sites excluding steroid dienone is 1. The van der Waals surface area contributed by atoms with E-state index in [9.17, 15) is 9.59 Å². The number of carbonyl (C=O) groups is 2. The standard InChI is InChI=1S/C15H22O2Si/c1-5-6-10-15(11-12-18(2,3)4)13(16)8-7-9-14(15)17/h5H,1,6-10H2,2-4H3. The Morgan fingerprint density at radius 3 is 2.28 bits per heavy atom. The molecule has 98 valence electrons. The van der Waals surface area contributed by atoms with Crippen LogP contribution in [0.15, 0.2) is 12.7 Å². The molecule has 2 nitrogen and oxygen atoms in total. The number of carbonyl (C=O) groups excluding carboxylic acids is 2. The van der Waals surface area contributed by atoms with Crippen molar-refractivity contribution in [1.29, 1.82) is 0 Å². The Balaban J connectivity index is 3.14. The monoisotopic (exact) mass is 262 g/mol. The maximum absolute atomic E-state index is 12.2. The average Bonchev–Trinajstić information content (AvgIpc) is 2.27. The van der Waals surface area contributed by atoms with Crippen LogP contribution in [0, 0.1) is 16.9 Å². The van der Waals surface area contributed by atoms with Crippen molar-refractivity contribution in [1.82, 2.24) is 0 Å². The van der Waals surface area contributed by atoms with Crippen molar-refractivity contribution < 1.29 is 9.59 Å². The highest BCUT2D eigenvalue weighted by atomic mass is 28.3. The van der Waals surface area contributed by atoms with E-state index in [-0.39, 0.29) is 11.6 Å². The average molecular weight is 262 g/mol. The molecule has 0 saturated heterocycles. The second-order valence-electron chi connectivity index (χ2n) is 5.93. The third kappa shape index (κ3) is 3.43. The quantitative estimate of drug-likeness (QED) is 0.339. The highest BCUT2D eigenvalue weighted by molar-refractivity contribution is 6.83. The van der Waals surface area contributed by atoms with Gasteiger partial charge in [-0.1, -0.05) is 31.6 Å². The van der Waals surface area contributed by atoms with Gasteiger partial charge in [0.15, 0.2) is 11.6 Å². The SMILES string of the molecule is C=CCCC1(C#C[Si](C)(C)C)C(=O)CCCC1=O. The summed E-state index contributed by atoms with van der Waals surface area (Å²) in [6.45, 7) is 10.0. The van der Waals surface area contributed by atoms with Gasteiger partial charge in [0.1, 0.15) is 13.5 Å². The Morgan fingerprint density at radius 1 is 1.28 bits per heavy atom. The molecule has 0 unspecified atom stereocenters. The van der Waals surface area contributed by atoms with Crippen LogP contribution >= 0.6 is 0 Å². The fourth-order valence-corrected chi connectivity index (χ4v) is 2.67. The lowest BCUT2D eigenvalue weighted by Gasteiger charge is -2.29. The van der Waals surface area contributed by atoms with E-state index in [1.54, 1.807) is 6.08 Å². The molecule has 0 heterocycles. The van der Waals surface area contributed by atoms with E-state index in [2.05, 4.69) is 37.7 Å². The van der Waals surface area contributed by atoms with E-state index in [0.29, 0.717) is 32.1 Å². The number of ketones is 2. The molecule has 0 aromatic rings. The Hall–Kier alpha value is -1.14. The number of hydrogen-bond acceptors (Lipinski definition) is 2. The van der Waals surface area contributed by atoms with E-state index in [1.807, 2.05) is 0 Å². The molecule has 1 rings (SSSR count). The highest BCUT2D eigenvalue weighted by Gasteiger charge is 2.44. The molecular formula is C15H22O2Si. The molecule has 1 aliphatic carbocycles. The van der Waals surface area contributed by atoms with Crippen LogP contribution in [0.5, 0.6) is 0 Å². The number of Topliss-reactive ketones (excluding diaryl/α,β-unsaturated/α-hetero) is 2. The second-order valence-corrected chi connectivity index (χ2v) is 10.7. The summed E-state index contributed by atoms with van der Waals surface area (Å²) in [6.07, 6.45) is 4.59. The Bertz CT molecular complexity index is 402. The van der Waals surface area contributed by atoms with E-state index >= 15 is 0 Å². The maximum atomic E-state index is 12.2. The lowest BCUT2D eigenvalue weighted by molar-refractivity contribution is -0.140. The summed E-state index contributed by atoms with van der Waals surface area (Å²) in [7, 11) is -1.58. The minimum absolute atomic E-state index is 0.0198. The topological polar surface area (TPSA) is 34.1 Å². The summed E-state index contributed by atoms with van der Waals surface area (Å²) in [6, 6.07) is 0. The molecule has 18 heavy (non-hydrogen) atoms. The molecule has 0 spiro atoms. The lowest BCUT2D eigenvalue weighted by Crippen LogP contribution is -2.41. The molecule has 0 radical (unpaired) electrons. The molecule has 0 N–H and O–H groups in total. The van der Waals surface area contributed by atoms with Crippen LogP contribution in [-0.4, -0.2) is 19.6 Å². The number of rotatable bonds is 3. The predicted octanol–water partition coefficient (Wildman–Crippen LogP) is 3.14. The van der Waals surface area contributed by atoms with Crippen molar-refractivity contribution in [3.8, 4) is 11.5 Å². The van der Waals surface area contributed by atoms with Gasteiger partial charge in [-0.2, -0.15) is 0 Å². The summed E-state index contributed by atoms with van der Waals surface area (Å²) in [5.74, 6) is 3.11. The predicted molar refractivity (Wildman–Crippen MR) is 76.9 cm³/mol. The van der Waals surface area contributed by atoms with Gasteiger partial charge in [-0.15, -0.1) is 12.1 Å². The zero-order valence-corrected chi connectivity index (χ0v) is 12.6. The van der Waals surface area contributed by atoms with E-state index in [4.69, 9.17) is 0 Å². The first kappa shape index (κ1) is 14.9. The van der Waals surface area contributed by atoms with Crippen LogP contribution in [0.1, 0.15) is 32.1 Å². The molecular weight excluding hydrogens is 240 g/mol. The van der Waals surface area contributed by atoms with Crippen molar-refractivity contribution in [3.05, 3.63) is 12.7 Å². The minimum Gasteiger partial charge on any atom is -0.297 e. The van der Waals surface area contributed by atoms with Gasteiger partial charge in [0.05, 0.1) is 0 Å². The molecule has 0 bridgehead atoms. The van der Waals surface area contributed by atoms with E-state index < -0.39 is 13.5 Å². The van der Waals surface area contributed by atoms with Crippen molar-refractivity contribution in [2.24, 2.45) is 5.41 Å². The van der Waals surface area contributed by atoms with Crippen LogP contribution in [0.4, 0.5) is 0 Å². The fourth-order valence-electron chi connectivity index (χ4n) is 2.09. The van der Waals surface area contributed by atoms with Gasteiger partial charge in [-0.3, -0.25) is 9.59 Å². The van der Waals surface area contributed by atoms with E-state index in [0.717, 1.165) is 0 Å². The summed E-state index contributed by atoms with van der Waals surface area (Å²) >= 11 is 0. The van der Waals surface area contributed by atoms with Gasteiger partial charge >= 0.3 is 0 Å². The molecule has 1 aliphatic rings. The van der Waals surface area contributed by atoms with Crippen molar-refractivity contribution in [2.45, 2.75) is 51.7 Å². The minimum atomic E-state index is -1.58. The third-order valence-corrected chi connectivity index (χ3v) is 4.01. The first-order valence-electron chi connectivity index (χ1n) is 6.54.